The Morgan fingerprint density at radius 3 is 1.60 bits per heavy atom. The molecule has 0 aliphatic carbocycles. The maximum atomic E-state index is 5.79. The van der Waals surface area contributed by atoms with Gasteiger partial charge in [0.05, 0.1) is 5.66 Å². The van der Waals surface area contributed by atoms with Crippen LogP contribution in [0, 0.1) is 0 Å². The Bertz CT molecular complexity index is 86.5. The molecule has 0 spiro atoms. The molecule has 0 aromatic carbocycles. The van der Waals surface area contributed by atoms with Gasteiger partial charge in [-0.05, 0) is 27.7 Å². The predicted octanol–water partition coefficient (Wildman–Crippen LogP) is -0.951. The largest absolute Gasteiger partial charge is 0.327 e. The fourth-order valence-corrected chi connectivity index (χ4v) is 1.37. The summed E-state index contributed by atoms with van der Waals surface area (Å²) in [4.78, 5) is 3.25. The van der Waals surface area contributed by atoms with Gasteiger partial charge in [-0.2, -0.15) is 0 Å². The van der Waals surface area contributed by atoms with Crippen LogP contribution < -0.4 is 16.4 Å². The van der Waals surface area contributed by atoms with E-state index in [9.17, 15) is 0 Å². The number of hydrogen-bond donors (Lipinski definition) is 3. The van der Waals surface area contributed by atoms with Crippen molar-refractivity contribution in [1.82, 2.24) is 4.98 Å². The lowest BCUT2D eigenvalue weighted by atomic mass is 10.3. The van der Waals surface area contributed by atoms with Crippen LogP contribution in [0.4, 0.5) is 0 Å². The predicted molar refractivity (Wildman–Crippen MR) is 48.2 cm³/mol. The third kappa shape index (κ3) is 8.10. The molecule has 0 aromatic heterocycles. The van der Waals surface area contributed by atoms with Crippen molar-refractivity contribution < 1.29 is 0 Å². The quantitative estimate of drug-likeness (QED) is 0.369. The standard InChI is InChI=1S/C6H19N3Si/c1-5(2,7)9-10-6(3,4)8/h9H,7-8,10H2,1-4H3. The monoisotopic (exact) mass is 161 g/mol. The summed E-state index contributed by atoms with van der Waals surface area (Å²) in [7, 11) is -0.452. The van der Waals surface area contributed by atoms with Crippen molar-refractivity contribution in [3.05, 3.63) is 0 Å². The van der Waals surface area contributed by atoms with Crippen LogP contribution in [0.1, 0.15) is 27.7 Å². The van der Waals surface area contributed by atoms with Gasteiger partial charge < -0.3 is 16.4 Å². The zero-order valence-corrected chi connectivity index (χ0v) is 8.78. The second-order valence-electron chi connectivity index (χ2n) is 4.06. The van der Waals surface area contributed by atoms with E-state index in [2.05, 4.69) is 4.98 Å². The van der Waals surface area contributed by atoms with E-state index in [0.29, 0.717) is 0 Å². The Morgan fingerprint density at radius 2 is 1.50 bits per heavy atom. The van der Waals surface area contributed by atoms with Crippen LogP contribution in [-0.4, -0.2) is 20.5 Å². The van der Waals surface area contributed by atoms with Crippen LogP contribution in [0.3, 0.4) is 0 Å². The van der Waals surface area contributed by atoms with E-state index in [0.717, 1.165) is 0 Å². The van der Waals surface area contributed by atoms with Gasteiger partial charge in [0.25, 0.3) is 0 Å². The summed E-state index contributed by atoms with van der Waals surface area (Å²) in [6.45, 7) is 7.95. The molecule has 0 rings (SSSR count). The van der Waals surface area contributed by atoms with Crippen molar-refractivity contribution in [1.29, 1.82) is 0 Å². The number of rotatable bonds is 3. The van der Waals surface area contributed by atoms with E-state index >= 15 is 0 Å². The third-order valence-electron chi connectivity index (χ3n) is 1.000. The minimum absolute atomic E-state index is 0.0450. The minimum Gasteiger partial charge on any atom is -0.327 e. The van der Waals surface area contributed by atoms with Crippen molar-refractivity contribution in [2.45, 2.75) is 38.5 Å². The van der Waals surface area contributed by atoms with Crippen molar-refractivity contribution in [2.24, 2.45) is 11.5 Å². The number of nitrogens with one attached hydrogen (secondary N) is 1. The molecular formula is C6H19N3Si. The summed E-state index contributed by atoms with van der Waals surface area (Å²) in [5.41, 5.74) is 11.2. The van der Waals surface area contributed by atoms with E-state index in [-0.39, 0.29) is 10.8 Å². The fraction of sp³-hybridized carbons (Fsp3) is 1.00. The molecule has 0 aliphatic heterocycles. The second kappa shape index (κ2) is 3.00. The minimum atomic E-state index is -0.452. The first kappa shape index (κ1) is 10.1. The topological polar surface area (TPSA) is 64.1 Å². The van der Waals surface area contributed by atoms with E-state index in [4.69, 9.17) is 11.5 Å². The van der Waals surface area contributed by atoms with Crippen molar-refractivity contribution in [3.63, 3.8) is 0 Å². The van der Waals surface area contributed by atoms with Crippen LogP contribution in [0.5, 0.6) is 0 Å². The molecule has 0 fully saturated rings. The molecule has 0 saturated heterocycles. The summed E-state index contributed by atoms with van der Waals surface area (Å²) >= 11 is 0. The SMILES string of the molecule is CC(C)(N)N[SiH2]C(C)(C)N. The van der Waals surface area contributed by atoms with E-state index in [1.54, 1.807) is 0 Å². The Balaban J connectivity index is 3.56. The molecule has 0 unspecified atom stereocenters. The van der Waals surface area contributed by atoms with Gasteiger partial charge >= 0.3 is 0 Å². The average molecular weight is 161 g/mol. The molecule has 0 aliphatic rings. The first-order chi connectivity index (χ1) is 4.21. The fourth-order valence-electron chi connectivity index (χ4n) is 0.456. The number of hydrogen-bond acceptors (Lipinski definition) is 3. The van der Waals surface area contributed by atoms with Gasteiger partial charge in [-0.15, -0.1) is 0 Å². The molecule has 0 saturated carbocycles. The highest BCUT2D eigenvalue weighted by atomic mass is 28.2. The highest BCUT2D eigenvalue weighted by molar-refractivity contribution is 6.36. The van der Waals surface area contributed by atoms with Gasteiger partial charge in [0.15, 0.2) is 0 Å². The lowest BCUT2D eigenvalue weighted by Crippen LogP contribution is -2.57. The van der Waals surface area contributed by atoms with Crippen LogP contribution >= 0.6 is 0 Å². The zero-order chi connectivity index (χ0) is 8.41. The normalized spacial score (nSPS) is 15.0. The van der Waals surface area contributed by atoms with Crippen LogP contribution in [0.25, 0.3) is 0 Å². The summed E-state index contributed by atoms with van der Waals surface area (Å²) < 4.78 is 0. The van der Waals surface area contributed by atoms with Crippen LogP contribution in [0.15, 0.2) is 0 Å². The van der Waals surface area contributed by atoms with Crippen molar-refractivity contribution in [3.8, 4) is 0 Å². The molecule has 3 nitrogen and oxygen atoms in total. The second-order valence-corrected chi connectivity index (χ2v) is 6.59. The smallest absolute Gasteiger partial charge is 0.113 e. The highest BCUT2D eigenvalue weighted by Crippen LogP contribution is 1.94. The molecule has 0 heterocycles. The highest BCUT2D eigenvalue weighted by Gasteiger charge is 2.16. The van der Waals surface area contributed by atoms with E-state index < -0.39 is 9.68 Å². The van der Waals surface area contributed by atoms with Crippen molar-refractivity contribution in [2.75, 3.05) is 0 Å². The molecule has 5 N–H and O–H groups in total. The maximum Gasteiger partial charge on any atom is 0.113 e. The molecule has 4 heteroatoms. The zero-order valence-electron chi connectivity index (χ0n) is 7.36. The molecule has 62 valence electrons. The maximum absolute atomic E-state index is 5.79. The molecule has 0 atom stereocenters. The molecular weight excluding hydrogens is 142 g/mol. The Labute approximate surface area is 65.4 Å². The van der Waals surface area contributed by atoms with Gasteiger partial charge in [0.1, 0.15) is 9.68 Å². The molecule has 0 bridgehead atoms. The van der Waals surface area contributed by atoms with E-state index in [1.165, 1.54) is 0 Å². The van der Waals surface area contributed by atoms with Gasteiger partial charge in [0, 0.05) is 5.16 Å². The molecule has 0 amide bonds. The summed E-state index contributed by atoms with van der Waals surface area (Å²) in [6.07, 6.45) is 0. The summed E-state index contributed by atoms with van der Waals surface area (Å²) in [5.74, 6) is 0. The first-order valence-corrected chi connectivity index (χ1v) is 4.95. The van der Waals surface area contributed by atoms with Gasteiger partial charge in [-0.3, -0.25) is 0 Å². The summed E-state index contributed by atoms with van der Waals surface area (Å²) in [5, 5.41) is -0.0450. The number of nitrogens with two attached hydrogens (primary N) is 2. The lowest BCUT2D eigenvalue weighted by molar-refractivity contribution is 0.483. The first-order valence-electron chi connectivity index (χ1n) is 3.53. The van der Waals surface area contributed by atoms with Crippen LogP contribution in [0.2, 0.25) is 0 Å². The molecule has 10 heavy (non-hydrogen) atoms. The van der Waals surface area contributed by atoms with Gasteiger partial charge in [0.2, 0.25) is 0 Å². The van der Waals surface area contributed by atoms with Crippen molar-refractivity contribution >= 4 is 9.68 Å². The lowest BCUT2D eigenvalue weighted by Gasteiger charge is -2.26. The molecule has 0 radical (unpaired) electrons. The van der Waals surface area contributed by atoms with Gasteiger partial charge in [-0.1, -0.05) is 0 Å². The third-order valence-corrected chi connectivity index (χ3v) is 3.00. The Hall–Kier alpha value is 0.0969. The Morgan fingerprint density at radius 1 is 1.10 bits per heavy atom. The average Bonchev–Trinajstić information content (AvgIpc) is 1.57. The molecule has 0 aromatic rings. The summed E-state index contributed by atoms with van der Waals surface area (Å²) in [6, 6.07) is 0. The van der Waals surface area contributed by atoms with E-state index in [1.807, 2.05) is 27.7 Å². The van der Waals surface area contributed by atoms with Gasteiger partial charge in [-0.25, -0.2) is 0 Å². The van der Waals surface area contributed by atoms with Crippen LogP contribution in [-0.2, 0) is 0 Å². The Kier molecular flexibility index (Phi) is 3.03.